The topological polar surface area (TPSA) is 42.3 Å². The van der Waals surface area contributed by atoms with Crippen molar-refractivity contribution in [2.45, 2.75) is 64.1 Å². The third-order valence-corrected chi connectivity index (χ3v) is 6.06. The summed E-state index contributed by atoms with van der Waals surface area (Å²) in [7, 11) is 4.12. The number of rotatable bonds is 6. The molecular weight excluding hydrogens is 336 g/mol. The van der Waals surface area contributed by atoms with Crippen LogP contribution in [0.4, 0.5) is 0 Å². The summed E-state index contributed by atoms with van der Waals surface area (Å²) in [6, 6.07) is 0.445. The van der Waals surface area contributed by atoms with E-state index in [0.29, 0.717) is 11.5 Å². The highest BCUT2D eigenvalue weighted by atomic mass is 35.5. The van der Waals surface area contributed by atoms with Gasteiger partial charge in [0.25, 0.3) is 0 Å². The van der Waals surface area contributed by atoms with Crippen molar-refractivity contribution in [1.82, 2.24) is 19.8 Å². The van der Waals surface area contributed by atoms with E-state index >= 15 is 0 Å². The molecule has 6 heteroatoms. The molecule has 1 N–H and O–H groups in total. The van der Waals surface area contributed by atoms with Crippen LogP contribution in [0.5, 0.6) is 0 Å². The van der Waals surface area contributed by atoms with Crippen molar-refractivity contribution in [2.75, 3.05) is 33.8 Å². The summed E-state index contributed by atoms with van der Waals surface area (Å²) in [5.74, 6) is 1.08. The van der Waals surface area contributed by atoms with Crippen LogP contribution in [-0.4, -0.2) is 53.8 Å². The van der Waals surface area contributed by atoms with Gasteiger partial charge in [-0.15, -0.1) is 0 Å². The Morgan fingerprint density at radius 1 is 1.40 bits per heavy atom. The largest absolute Gasteiger partial charge is 0.374 e. The molecule has 2 heterocycles. The molecule has 25 heavy (non-hydrogen) atoms. The van der Waals surface area contributed by atoms with Crippen LogP contribution in [0.3, 0.4) is 0 Å². The third-order valence-electron chi connectivity index (χ3n) is 5.78. The van der Waals surface area contributed by atoms with Gasteiger partial charge in [-0.3, -0.25) is 4.90 Å². The van der Waals surface area contributed by atoms with E-state index in [0.717, 1.165) is 62.9 Å². The second kappa shape index (κ2) is 7.55. The van der Waals surface area contributed by atoms with E-state index in [1.54, 1.807) is 0 Å². The summed E-state index contributed by atoms with van der Waals surface area (Å²) >= 11 is 6.50. The Labute approximate surface area is 157 Å². The van der Waals surface area contributed by atoms with Gasteiger partial charge in [0.15, 0.2) is 0 Å². The first-order chi connectivity index (χ1) is 11.8. The number of hydrogen-bond donors (Lipinski definition) is 1. The van der Waals surface area contributed by atoms with E-state index in [1.165, 1.54) is 6.42 Å². The molecule has 3 rings (SSSR count). The van der Waals surface area contributed by atoms with Crippen LogP contribution in [0.15, 0.2) is 6.20 Å². The van der Waals surface area contributed by atoms with Crippen LogP contribution in [0.2, 0.25) is 5.15 Å². The van der Waals surface area contributed by atoms with E-state index in [2.05, 4.69) is 40.7 Å². The third kappa shape index (κ3) is 4.38. The Morgan fingerprint density at radius 3 is 2.72 bits per heavy atom. The molecule has 0 unspecified atom stereocenters. The van der Waals surface area contributed by atoms with Crippen LogP contribution >= 0.6 is 11.6 Å². The average Bonchev–Trinajstić information content (AvgIpc) is 3.07. The van der Waals surface area contributed by atoms with Gasteiger partial charge in [0.05, 0.1) is 24.9 Å². The fraction of sp³-hybridized carbons (Fsp3) is 0.842. The molecular formula is C19H33ClN4O. The Kier molecular flexibility index (Phi) is 5.78. The summed E-state index contributed by atoms with van der Waals surface area (Å²) in [6.45, 7) is 8.34. The van der Waals surface area contributed by atoms with Gasteiger partial charge in [-0.25, -0.2) is 4.98 Å². The molecule has 142 valence electrons. The van der Waals surface area contributed by atoms with Crippen molar-refractivity contribution in [3.63, 3.8) is 0 Å². The first-order valence-corrected chi connectivity index (χ1v) is 9.91. The lowest BCUT2D eigenvalue weighted by Crippen LogP contribution is -2.35. The van der Waals surface area contributed by atoms with Gasteiger partial charge in [-0.05, 0) is 51.6 Å². The maximum atomic E-state index is 6.50. The standard InChI is InChI=1S/C19H33ClN4O/c1-18(2)13-19(25-14-18)7-5-15(6-8-19)24-16(20)11-22-17(24)12-23(4)10-9-21-3/h11,15,21H,5-10,12-14H2,1-4H3. The predicted molar refractivity (Wildman–Crippen MR) is 102 cm³/mol. The van der Waals surface area contributed by atoms with Crippen LogP contribution < -0.4 is 5.32 Å². The quantitative estimate of drug-likeness (QED) is 0.834. The minimum absolute atomic E-state index is 0.108. The highest BCUT2D eigenvalue weighted by molar-refractivity contribution is 6.29. The zero-order valence-electron chi connectivity index (χ0n) is 16.1. The fourth-order valence-corrected chi connectivity index (χ4v) is 4.82. The molecule has 0 radical (unpaired) electrons. The van der Waals surface area contributed by atoms with Crippen molar-refractivity contribution in [1.29, 1.82) is 0 Å². The van der Waals surface area contributed by atoms with E-state index in [1.807, 2.05) is 13.2 Å². The van der Waals surface area contributed by atoms with Crippen molar-refractivity contribution in [2.24, 2.45) is 5.41 Å². The molecule has 1 saturated heterocycles. The number of imidazole rings is 1. The number of hydrogen-bond acceptors (Lipinski definition) is 4. The molecule has 1 aromatic rings. The van der Waals surface area contributed by atoms with E-state index in [-0.39, 0.29) is 5.60 Å². The zero-order valence-corrected chi connectivity index (χ0v) is 16.9. The number of halogens is 1. The smallest absolute Gasteiger partial charge is 0.129 e. The molecule has 1 spiro atoms. The molecule has 0 aromatic carbocycles. The van der Waals surface area contributed by atoms with Gasteiger partial charge in [-0.2, -0.15) is 0 Å². The summed E-state index contributed by atoms with van der Waals surface area (Å²) in [6.07, 6.45) is 7.50. The molecule has 0 amide bonds. The summed E-state index contributed by atoms with van der Waals surface area (Å²) in [5.41, 5.74) is 0.428. The first-order valence-electron chi connectivity index (χ1n) is 9.53. The van der Waals surface area contributed by atoms with Gasteiger partial charge in [-0.1, -0.05) is 25.4 Å². The molecule has 5 nitrogen and oxygen atoms in total. The Hall–Kier alpha value is -0.620. The normalized spacial score (nSPS) is 29.0. The van der Waals surface area contributed by atoms with Crippen molar-refractivity contribution in [3.05, 3.63) is 17.2 Å². The molecule has 2 aliphatic rings. The second-order valence-corrected chi connectivity index (χ2v) is 9.14. The molecule has 1 saturated carbocycles. The Bertz CT molecular complexity index is 578. The predicted octanol–water partition coefficient (Wildman–Crippen LogP) is 3.49. The minimum atomic E-state index is 0.108. The SMILES string of the molecule is CNCCN(C)Cc1ncc(Cl)n1C1CCC2(CC1)CC(C)(C)CO2. The van der Waals surface area contributed by atoms with Gasteiger partial charge in [0.2, 0.25) is 0 Å². The number of nitrogens with zero attached hydrogens (tertiary/aromatic N) is 3. The van der Waals surface area contributed by atoms with Crippen LogP contribution in [0.25, 0.3) is 0 Å². The summed E-state index contributed by atoms with van der Waals surface area (Å²) in [4.78, 5) is 6.88. The van der Waals surface area contributed by atoms with Crippen LogP contribution in [0.1, 0.15) is 57.8 Å². The first kappa shape index (κ1) is 19.2. The zero-order chi connectivity index (χ0) is 18.1. The monoisotopic (exact) mass is 368 g/mol. The Balaban J connectivity index is 1.64. The molecule has 0 bridgehead atoms. The highest BCUT2D eigenvalue weighted by Crippen LogP contribution is 2.49. The van der Waals surface area contributed by atoms with Crippen LogP contribution in [-0.2, 0) is 11.3 Å². The number of ether oxygens (including phenoxy) is 1. The van der Waals surface area contributed by atoms with Crippen molar-refractivity contribution in [3.8, 4) is 0 Å². The molecule has 0 atom stereocenters. The molecule has 1 aliphatic carbocycles. The van der Waals surface area contributed by atoms with Gasteiger partial charge < -0.3 is 14.6 Å². The highest BCUT2D eigenvalue weighted by Gasteiger charge is 2.46. The van der Waals surface area contributed by atoms with Gasteiger partial charge in [0, 0.05) is 19.1 Å². The van der Waals surface area contributed by atoms with Crippen LogP contribution in [0, 0.1) is 5.41 Å². The Morgan fingerprint density at radius 2 is 2.12 bits per heavy atom. The molecule has 1 aliphatic heterocycles. The van der Waals surface area contributed by atoms with E-state index in [9.17, 15) is 0 Å². The number of aromatic nitrogens is 2. The lowest BCUT2D eigenvalue weighted by molar-refractivity contribution is -0.0344. The molecule has 1 aromatic heterocycles. The maximum absolute atomic E-state index is 6.50. The van der Waals surface area contributed by atoms with E-state index < -0.39 is 0 Å². The fourth-order valence-electron chi connectivity index (χ4n) is 4.53. The lowest BCUT2D eigenvalue weighted by Gasteiger charge is -2.38. The lowest BCUT2D eigenvalue weighted by atomic mass is 9.75. The van der Waals surface area contributed by atoms with Crippen molar-refractivity contribution < 1.29 is 4.74 Å². The maximum Gasteiger partial charge on any atom is 0.129 e. The van der Waals surface area contributed by atoms with Crippen molar-refractivity contribution >= 4 is 11.6 Å². The molecule has 2 fully saturated rings. The average molecular weight is 369 g/mol. The number of likely N-dealkylation sites (N-methyl/N-ethyl adjacent to an activating group) is 2. The number of nitrogens with one attached hydrogen (secondary N) is 1. The van der Waals surface area contributed by atoms with E-state index in [4.69, 9.17) is 16.3 Å². The minimum Gasteiger partial charge on any atom is -0.374 e. The van der Waals surface area contributed by atoms with Gasteiger partial charge in [0.1, 0.15) is 11.0 Å². The summed E-state index contributed by atoms with van der Waals surface area (Å²) in [5, 5.41) is 3.96. The van der Waals surface area contributed by atoms with Gasteiger partial charge >= 0.3 is 0 Å². The second-order valence-electron chi connectivity index (χ2n) is 8.75. The summed E-state index contributed by atoms with van der Waals surface area (Å²) < 4.78 is 8.53.